The highest BCUT2D eigenvalue weighted by Gasteiger charge is 2.00. The van der Waals surface area contributed by atoms with Crippen molar-refractivity contribution >= 4 is 6.21 Å². The molecule has 1 N–H and O–H groups in total. The van der Waals surface area contributed by atoms with Gasteiger partial charge in [0, 0.05) is 5.56 Å². The lowest BCUT2D eigenvalue weighted by Crippen LogP contribution is -1.87. The fourth-order valence-corrected chi connectivity index (χ4v) is 0.888. The highest BCUT2D eigenvalue weighted by molar-refractivity contribution is 5.80. The Morgan fingerprint density at radius 1 is 1.38 bits per heavy atom. The van der Waals surface area contributed by atoms with Gasteiger partial charge in [-0.15, -0.1) is 0 Å². The van der Waals surface area contributed by atoms with Gasteiger partial charge in [-0.05, 0) is 18.2 Å². The van der Waals surface area contributed by atoms with Crippen LogP contribution in [0, 0.1) is 0 Å². The minimum atomic E-state index is 0.108. The second kappa shape index (κ2) is 4.35. The van der Waals surface area contributed by atoms with Crippen molar-refractivity contribution < 1.29 is 14.7 Å². The molecule has 13 heavy (non-hydrogen) atoms. The van der Waals surface area contributed by atoms with E-state index >= 15 is 0 Å². The number of nitrogens with zero attached hydrogens (tertiary/aromatic N) is 1. The van der Waals surface area contributed by atoms with E-state index in [9.17, 15) is 5.11 Å². The lowest BCUT2D eigenvalue weighted by molar-refractivity contribution is 0.215. The molecule has 0 aromatic heterocycles. The van der Waals surface area contributed by atoms with Crippen molar-refractivity contribution in [1.29, 1.82) is 0 Å². The molecule has 1 rings (SSSR count). The predicted molar refractivity (Wildman–Crippen MR) is 49.3 cm³/mol. The smallest absolute Gasteiger partial charge is 0.161 e. The van der Waals surface area contributed by atoms with E-state index < -0.39 is 0 Å². The molecule has 0 radical (unpaired) electrons. The van der Waals surface area contributed by atoms with Crippen LogP contribution in [0.1, 0.15) is 5.56 Å². The van der Waals surface area contributed by atoms with Gasteiger partial charge < -0.3 is 14.7 Å². The van der Waals surface area contributed by atoms with E-state index in [1.165, 1.54) is 26.5 Å². The van der Waals surface area contributed by atoms with Crippen molar-refractivity contribution in [3.63, 3.8) is 0 Å². The summed E-state index contributed by atoms with van der Waals surface area (Å²) in [7, 11) is 2.96. The van der Waals surface area contributed by atoms with Crippen LogP contribution in [0.3, 0.4) is 0 Å². The predicted octanol–water partition coefficient (Wildman–Crippen LogP) is 1.38. The van der Waals surface area contributed by atoms with Gasteiger partial charge in [-0.25, -0.2) is 0 Å². The lowest BCUT2D eigenvalue weighted by Gasteiger charge is -2.02. The van der Waals surface area contributed by atoms with E-state index in [2.05, 4.69) is 9.99 Å². The molecule has 0 heterocycles. The van der Waals surface area contributed by atoms with Crippen molar-refractivity contribution in [2.75, 3.05) is 14.2 Å². The summed E-state index contributed by atoms with van der Waals surface area (Å²) in [6, 6.07) is 4.91. The number of rotatable bonds is 3. The maximum Gasteiger partial charge on any atom is 0.161 e. The Morgan fingerprint density at radius 2 is 2.15 bits per heavy atom. The standard InChI is InChI=1S/C9H11NO3/c1-12-9-5-7(6-10-13-2)3-4-8(9)11/h3-6,11H,1-2H3/b10-6-. The second-order valence-electron chi connectivity index (χ2n) is 2.35. The molecule has 4 heteroatoms. The number of hydrogen-bond acceptors (Lipinski definition) is 4. The summed E-state index contributed by atoms with van der Waals surface area (Å²) in [6.07, 6.45) is 1.53. The van der Waals surface area contributed by atoms with E-state index in [0.717, 1.165) is 5.56 Å². The highest BCUT2D eigenvalue weighted by atomic mass is 16.6. The van der Waals surface area contributed by atoms with E-state index in [1.54, 1.807) is 12.1 Å². The van der Waals surface area contributed by atoms with Crippen molar-refractivity contribution in [1.82, 2.24) is 0 Å². The number of methoxy groups -OCH3 is 1. The molecule has 0 bridgehead atoms. The first kappa shape index (κ1) is 9.38. The zero-order valence-electron chi connectivity index (χ0n) is 7.52. The lowest BCUT2D eigenvalue weighted by atomic mass is 10.2. The molecule has 0 aliphatic rings. The van der Waals surface area contributed by atoms with Gasteiger partial charge in [0.15, 0.2) is 11.5 Å². The van der Waals surface area contributed by atoms with Gasteiger partial charge in [0.1, 0.15) is 7.11 Å². The third-order valence-corrected chi connectivity index (χ3v) is 1.51. The Kier molecular flexibility index (Phi) is 3.14. The first-order valence-corrected chi connectivity index (χ1v) is 3.71. The summed E-state index contributed by atoms with van der Waals surface area (Å²) in [6.45, 7) is 0. The number of phenolic OH excluding ortho intramolecular Hbond substituents is 1. The van der Waals surface area contributed by atoms with E-state index in [4.69, 9.17) is 4.74 Å². The van der Waals surface area contributed by atoms with Crippen LogP contribution in [0.25, 0.3) is 0 Å². The molecule has 0 aliphatic heterocycles. The van der Waals surface area contributed by atoms with E-state index in [1.807, 2.05) is 0 Å². The van der Waals surface area contributed by atoms with Crippen molar-refractivity contribution in [2.24, 2.45) is 5.16 Å². The first-order chi connectivity index (χ1) is 6.27. The zero-order chi connectivity index (χ0) is 9.68. The summed E-state index contributed by atoms with van der Waals surface area (Å²) in [4.78, 5) is 4.52. The molecule has 0 amide bonds. The molecule has 0 fully saturated rings. The van der Waals surface area contributed by atoms with E-state index in [0.29, 0.717) is 5.75 Å². The van der Waals surface area contributed by atoms with Crippen LogP contribution >= 0.6 is 0 Å². The molecule has 70 valence electrons. The van der Waals surface area contributed by atoms with Crippen LogP contribution in [0.5, 0.6) is 11.5 Å². The molecule has 1 aromatic rings. The molecule has 0 spiro atoms. The number of aromatic hydroxyl groups is 1. The normalized spacial score (nSPS) is 10.3. The molecule has 0 atom stereocenters. The Bertz CT molecular complexity index is 310. The maximum absolute atomic E-state index is 9.26. The van der Waals surface area contributed by atoms with Crippen molar-refractivity contribution in [3.05, 3.63) is 23.8 Å². The maximum atomic E-state index is 9.26. The number of oxime groups is 1. The van der Waals surface area contributed by atoms with Gasteiger partial charge in [0.05, 0.1) is 13.3 Å². The quantitative estimate of drug-likeness (QED) is 0.566. The van der Waals surface area contributed by atoms with Gasteiger partial charge in [-0.1, -0.05) is 5.16 Å². The fraction of sp³-hybridized carbons (Fsp3) is 0.222. The summed E-state index contributed by atoms with van der Waals surface area (Å²) in [5.41, 5.74) is 0.802. The van der Waals surface area contributed by atoms with Crippen LogP contribution in [0.4, 0.5) is 0 Å². The third kappa shape index (κ3) is 2.37. The van der Waals surface area contributed by atoms with Crippen LogP contribution < -0.4 is 4.74 Å². The molecule has 0 aliphatic carbocycles. The molecule has 4 nitrogen and oxygen atoms in total. The third-order valence-electron chi connectivity index (χ3n) is 1.51. The van der Waals surface area contributed by atoms with Gasteiger partial charge in [-0.3, -0.25) is 0 Å². The molecular formula is C9H11NO3. The summed E-state index contributed by atoms with van der Waals surface area (Å²) < 4.78 is 4.91. The van der Waals surface area contributed by atoms with Gasteiger partial charge in [0.25, 0.3) is 0 Å². The van der Waals surface area contributed by atoms with Crippen molar-refractivity contribution in [3.8, 4) is 11.5 Å². The minimum absolute atomic E-state index is 0.108. The zero-order valence-corrected chi connectivity index (χ0v) is 7.52. The topological polar surface area (TPSA) is 51.0 Å². The van der Waals surface area contributed by atoms with Gasteiger partial charge in [0.2, 0.25) is 0 Å². The Balaban J connectivity index is 2.92. The fourth-order valence-electron chi connectivity index (χ4n) is 0.888. The van der Waals surface area contributed by atoms with Gasteiger partial charge in [-0.2, -0.15) is 0 Å². The van der Waals surface area contributed by atoms with Crippen LogP contribution in [-0.2, 0) is 4.84 Å². The average Bonchev–Trinajstić information content (AvgIpc) is 2.16. The monoisotopic (exact) mass is 181 g/mol. The van der Waals surface area contributed by atoms with Crippen LogP contribution in [0.2, 0.25) is 0 Å². The van der Waals surface area contributed by atoms with E-state index in [-0.39, 0.29) is 5.75 Å². The Morgan fingerprint density at radius 3 is 2.77 bits per heavy atom. The molecule has 0 unspecified atom stereocenters. The second-order valence-corrected chi connectivity index (χ2v) is 2.35. The van der Waals surface area contributed by atoms with Crippen LogP contribution in [0.15, 0.2) is 23.4 Å². The largest absolute Gasteiger partial charge is 0.504 e. The number of ether oxygens (including phenoxy) is 1. The molecule has 0 saturated heterocycles. The summed E-state index contributed by atoms with van der Waals surface area (Å²) >= 11 is 0. The Hall–Kier alpha value is -1.71. The van der Waals surface area contributed by atoms with Crippen LogP contribution in [-0.4, -0.2) is 25.5 Å². The van der Waals surface area contributed by atoms with Crippen molar-refractivity contribution in [2.45, 2.75) is 0 Å². The number of benzene rings is 1. The number of hydrogen-bond donors (Lipinski definition) is 1. The Labute approximate surface area is 76.4 Å². The molecule has 1 aromatic carbocycles. The number of phenols is 1. The molecule has 0 saturated carbocycles. The molecular weight excluding hydrogens is 170 g/mol. The SMILES string of the molecule is CO/N=C\c1ccc(O)c(OC)c1. The summed E-state index contributed by atoms with van der Waals surface area (Å²) in [5.74, 6) is 0.525. The van der Waals surface area contributed by atoms with Gasteiger partial charge >= 0.3 is 0 Å². The highest BCUT2D eigenvalue weighted by Crippen LogP contribution is 2.25. The minimum Gasteiger partial charge on any atom is -0.504 e. The first-order valence-electron chi connectivity index (χ1n) is 3.71. The summed E-state index contributed by atoms with van der Waals surface area (Å²) in [5, 5.41) is 12.8. The average molecular weight is 181 g/mol.